The summed E-state index contributed by atoms with van der Waals surface area (Å²) in [5.74, 6) is -3.93. The minimum absolute atomic E-state index is 0.0725. The summed E-state index contributed by atoms with van der Waals surface area (Å²) < 4.78 is 36.5. The lowest BCUT2D eigenvalue weighted by Crippen LogP contribution is -2.44. The van der Waals surface area contributed by atoms with Gasteiger partial charge in [-0.1, -0.05) is 0 Å². The Kier molecular flexibility index (Phi) is 4.37. The van der Waals surface area contributed by atoms with Crippen molar-refractivity contribution >= 4 is 12.1 Å². The Bertz CT molecular complexity index is 365. The zero-order valence-corrected chi connectivity index (χ0v) is 11.5. The molecule has 0 N–H and O–H groups in total. The number of halogens is 2. The maximum Gasteiger partial charge on any atom is 0.411 e. The minimum atomic E-state index is -3.10. The van der Waals surface area contributed by atoms with Gasteiger partial charge in [-0.3, -0.25) is 4.90 Å². The van der Waals surface area contributed by atoms with Gasteiger partial charge in [0.25, 0.3) is 5.92 Å². The van der Waals surface area contributed by atoms with E-state index in [0.29, 0.717) is 0 Å². The lowest BCUT2D eigenvalue weighted by Gasteiger charge is -2.27. The van der Waals surface area contributed by atoms with Gasteiger partial charge in [0.2, 0.25) is 0 Å². The smallest absolute Gasteiger partial charge is 0.411 e. The van der Waals surface area contributed by atoms with Crippen molar-refractivity contribution in [2.45, 2.75) is 51.7 Å². The van der Waals surface area contributed by atoms with E-state index in [2.05, 4.69) is 0 Å². The van der Waals surface area contributed by atoms with Gasteiger partial charge in [-0.15, -0.1) is 0 Å². The first-order valence-electron chi connectivity index (χ1n) is 6.10. The van der Waals surface area contributed by atoms with Crippen LogP contribution in [0.3, 0.4) is 0 Å². The number of rotatable bonds is 2. The molecule has 0 radical (unpaired) electrons. The molecule has 7 heteroatoms. The number of nitrogens with zero attached hydrogens (tertiary/aromatic N) is 1. The van der Waals surface area contributed by atoms with Gasteiger partial charge >= 0.3 is 12.1 Å². The predicted molar refractivity (Wildman–Crippen MR) is 62.9 cm³/mol. The number of carbonyl (C=O) groups is 2. The highest BCUT2D eigenvalue weighted by molar-refractivity contribution is 5.82. The van der Waals surface area contributed by atoms with Crippen LogP contribution in [0.25, 0.3) is 0 Å². The fourth-order valence-corrected chi connectivity index (χ4v) is 1.78. The molecule has 1 heterocycles. The minimum Gasteiger partial charge on any atom is -0.464 e. The van der Waals surface area contributed by atoms with Crippen LogP contribution in [0.15, 0.2) is 0 Å². The Morgan fingerprint density at radius 2 is 1.95 bits per heavy atom. The molecule has 0 unspecified atom stereocenters. The Labute approximate surface area is 110 Å². The molecule has 1 saturated heterocycles. The first-order valence-corrected chi connectivity index (χ1v) is 6.10. The van der Waals surface area contributed by atoms with E-state index in [9.17, 15) is 18.4 Å². The predicted octanol–water partition coefficient (Wildman–Crippen LogP) is 2.19. The Morgan fingerprint density at radius 3 is 2.42 bits per heavy atom. The monoisotopic (exact) mass is 279 g/mol. The molecule has 0 aromatic carbocycles. The van der Waals surface area contributed by atoms with Gasteiger partial charge in [0.15, 0.2) is 0 Å². The van der Waals surface area contributed by atoms with Gasteiger partial charge in [0, 0.05) is 6.42 Å². The van der Waals surface area contributed by atoms with Crippen LogP contribution in [0, 0.1) is 0 Å². The van der Waals surface area contributed by atoms with Crippen molar-refractivity contribution in [3.05, 3.63) is 0 Å². The molecule has 1 rings (SSSR count). The molecule has 1 aliphatic rings. The maximum absolute atomic E-state index is 13.4. The molecule has 0 aliphatic carbocycles. The highest BCUT2D eigenvalue weighted by atomic mass is 19.3. The summed E-state index contributed by atoms with van der Waals surface area (Å²) in [6, 6.07) is -1.29. The van der Waals surface area contributed by atoms with Crippen LogP contribution in [-0.2, 0) is 14.3 Å². The zero-order chi connectivity index (χ0) is 14.8. The second-order valence-electron chi connectivity index (χ2n) is 5.44. The standard InChI is InChI=1S/C12H19F2NO4/c1-5-18-9(16)8-6-12(13,14)7-15(8)10(17)19-11(2,3)4/h8H,5-7H2,1-4H3/t8-/m0/s1. The van der Waals surface area contributed by atoms with E-state index in [1.165, 1.54) is 0 Å². The third-order valence-corrected chi connectivity index (χ3v) is 2.46. The summed E-state index contributed by atoms with van der Waals surface area (Å²) in [4.78, 5) is 24.2. The number of amides is 1. The summed E-state index contributed by atoms with van der Waals surface area (Å²) >= 11 is 0. The molecule has 0 bridgehead atoms. The van der Waals surface area contributed by atoms with E-state index in [-0.39, 0.29) is 6.61 Å². The molecular formula is C12H19F2NO4. The number of hydrogen-bond acceptors (Lipinski definition) is 4. The average Bonchev–Trinajstić information content (AvgIpc) is 2.52. The molecule has 0 spiro atoms. The second-order valence-corrected chi connectivity index (χ2v) is 5.44. The first-order chi connectivity index (χ1) is 8.56. The van der Waals surface area contributed by atoms with E-state index >= 15 is 0 Å². The average molecular weight is 279 g/mol. The molecule has 1 amide bonds. The Morgan fingerprint density at radius 1 is 1.37 bits per heavy atom. The van der Waals surface area contributed by atoms with Crippen molar-refractivity contribution < 1.29 is 27.8 Å². The van der Waals surface area contributed by atoms with E-state index in [1.54, 1.807) is 27.7 Å². The highest BCUT2D eigenvalue weighted by Gasteiger charge is 2.51. The van der Waals surface area contributed by atoms with Gasteiger partial charge in [0.1, 0.15) is 11.6 Å². The number of ether oxygens (including phenoxy) is 2. The number of alkyl halides is 2. The molecule has 0 saturated carbocycles. The van der Waals surface area contributed by atoms with Crippen LogP contribution in [0.5, 0.6) is 0 Å². The van der Waals surface area contributed by atoms with Crippen molar-refractivity contribution in [1.82, 2.24) is 4.90 Å². The summed E-state index contributed by atoms with van der Waals surface area (Å²) in [6.07, 6.45) is -1.66. The van der Waals surface area contributed by atoms with Crippen LogP contribution in [-0.4, -0.2) is 47.7 Å². The lowest BCUT2D eigenvalue weighted by molar-refractivity contribution is -0.148. The van der Waals surface area contributed by atoms with Gasteiger partial charge in [-0.25, -0.2) is 18.4 Å². The second kappa shape index (κ2) is 5.30. The van der Waals surface area contributed by atoms with E-state index in [1.807, 2.05) is 0 Å². The van der Waals surface area contributed by atoms with Gasteiger partial charge in [-0.05, 0) is 27.7 Å². The summed E-state index contributed by atoms with van der Waals surface area (Å²) in [5, 5.41) is 0. The van der Waals surface area contributed by atoms with E-state index in [0.717, 1.165) is 4.90 Å². The van der Waals surface area contributed by atoms with Crippen molar-refractivity contribution in [3.63, 3.8) is 0 Å². The summed E-state index contributed by atoms with van der Waals surface area (Å²) in [5.41, 5.74) is -0.811. The van der Waals surface area contributed by atoms with Gasteiger partial charge in [-0.2, -0.15) is 0 Å². The molecule has 1 atom stereocenters. The first kappa shape index (κ1) is 15.7. The zero-order valence-electron chi connectivity index (χ0n) is 11.5. The lowest BCUT2D eigenvalue weighted by atomic mass is 10.2. The third-order valence-electron chi connectivity index (χ3n) is 2.46. The van der Waals surface area contributed by atoms with Crippen LogP contribution < -0.4 is 0 Å². The largest absolute Gasteiger partial charge is 0.464 e. The molecule has 5 nitrogen and oxygen atoms in total. The Hall–Kier alpha value is -1.40. The summed E-state index contributed by atoms with van der Waals surface area (Å²) in [7, 11) is 0. The SMILES string of the molecule is CCOC(=O)[C@@H]1CC(F)(F)CN1C(=O)OC(C)(C)C. The van der Waals surface area contributed by atoms with Crippen molar-refractivity contribution in [2.24, 2.45) is 0 Å². The summed E-state index contributed by atoms with van der Waals surface area (Å²) in [6.45, 7) is 5.69. The molecule has 1 fully saturated rings. The fraction of sp³-hybridized carbons (Fsp3) is 0.833. The van der Waals surface area contributed by atoms with Crippen molar-refractivity contribution in [3.8, 4) is 0 Å². The number of carbonyl (C=O) groups excluding carboxylic acids is 2. The molecular weight excluding hydrogens is 260 g/mol. The topological polar surface area (TPSA) is 55.8 Å². The van der Waals surface area contributed by atoms with Crippen LogP contribution >= 0.6 is 0 Å². The molecule has 0 aromatic heterocycles. The number of likely N-dealkylation sites (tertiary alicyclic amines) is 1. The Balaban J connectivity index is 2.83. The van der Waals surface area contributed by atoms with Gasteiger partial charge in [0.05, 0.1) is 13.2 Å². The maximum atomic E-state index is 13.4. The van der Waals surface area contributed by atoms with Crippen LogP contribution in [0.1, 0.15) is 34.1 Å². The van der Waals surface area contributed by atoms with Crippen molar-refractivity contribution in [2.75, 3.05) is 13.2 Å². The number of hydrogen-bond donors (Lipinski definition) is 0. The highest BCUT2D eigenvalue weighted by Crippen LogP contribution is 2.33. The van der Waals surface area contributed by atoms with E-state index < -0.39 is 42.6 Å². The third kappa shape index (κ3) is 4.33. The van der Waals surface area contributed by atoms with E-state index in [4.69, 9.17) is 9.47 Å². The quantitative estimate of drug-likeness (QED) is 0.727. The number of esters is 1. The van der Waals surface area contributed by atoms with Gasteiger partial charge < -0.3 is 9.47 Å². The fourth-order valence-electron chi connectivity index (χ4n) is 1.78. The van der Waals surface area contributed by atoms with Crippen LogP contribution in [0.4, 0.5) is 13.6 Å². The van der Waals surface area contributed by atoms with Crippen molar-refractivity contribution in [1.29, 1.82) is 0 Å². The normalized spacial score (nSPS) is 22.2. The van der Waals surface area contributed by atoms with Crippen LogP contribution in [0.2, 0.25) is 0 Å². The molecule has 1 aliphatic heterocycles. The molecule has 19 heavy (non-hydrogen) atoms. The molecule has 0 aromatic rings. The molecule has 110 valence electrons.